The standard InChI is InChI=1S/C19H17N3O2/c1-12-3-4-13-5-6-14(9-15(12)13)22-11-24-17-10-16(20-18(17)22)19(23)21-7-2-8-21/h4-6,9-10,20H,2,7-8,11H2,1H3. The number of nitrogens with zero attached hydrogens (tertiary/aromatic N) is 2. The maximum absolute atomic E-state index is 12.4. The number of hydrogen-bond donors (Lipinski definition) is 1. The van der Waals surface area contributed by atoms with Gasteiger partial charge in [0.2, 0.25) is 0 Å². The highest BCUT2D eigenvalue weighted by Crippen LogP contribution is 2.40. The number of aromatic nitrogens is 1. The average Bonchev–Trinajstić information content (AvgIpc) is 3.19. The van der Waals surface area contributed by atoms with E-state index in [1.54, 1.807) is 0 Å². The second-order valence-electron chi connectivity index (χ2n) is 6.43. The van der Waals surface area contributed by atoms with Crippen LogP contribution in [-0.4, -0.2) is 35.6 Å². The summed E-state index contributed by atoms with van der Waals surface area (Å²) >= 11 is 0. The topological polar surface area (TPSA) is 48.6 Å². The van der Waals surface area contributed by atoms with E-state index < -0.39 is 0 Å². The Bertz CT molecular complexity index is 930. The van der Waals surface area contributed by atoms with Gasteiger partial charge in [0, 0.05) is 24.8 Å². The maximum Gasteiger partial charge on any atom is 0.270 e. The molecule has 2 aromatic rings. The highest BCUT2D eigenvalue weighted by Gasteiger charge is 2.30. The number of H-pyrrole nitrogens is 1. The molecule has 1 fully saturated rings. The van der Waals surface area contributed by atoms with Crippen LogP contribution >= 0.6 is 0 Å². The van der Waals surface area contributed by atoms with Crippen LogP contribution < -0.4 is 9.64 Å². The number of aromatic amines is 1. The molecular formula is C19H17N3O2. The van der Waals surface area contributed by atoms with Crippen LogP contribution in [0.25, 0.3) is 11.6 Å². The van der Waals surface area contributed by atoms with Gasteiger partial charge in [0.15, 0.2) is 18.3 Å². The average molecular weight is 319 g/mol. The van der Waals surface area contributed by atoms with Gasteiger partial charge in [-0.25, -0.2) is 0 Å². The molecule has 1 amide bonds. The summed E-state index contributed by atoms with van der Waals surface area (Å²) in [4.78, 5) is 19.5. The van der Waals surface area contributed by atoms with Gasteiger partial charge in [-0.05, 0) is 48.3 Å². The molecule has 1 aliphatic carbocycles. The predicted molar refractivity (Wildman–Crippen MR) is 92.4 cm³/mol. The molecule has 5 rings (SSSR count). The van der Waals surface area contributed by atoms with Crippen molar-refractivity contribution in [2.45, 2.75) is 13.3 Å². The molecule has 5 heteroatoms. The third-order valence-electron chi connectivity index (χ3n) is 4.95. The molecule has 0 spiro atoms. The normalized spacial score (nSPS) is 17.3. The second kappa shape index (κ2) is 4.79. The summed E-state index contributed by atoms with van der Waals surface area (Å²) < 4.78 is 5.77. The van der Waals surface area contributed by atoms with Crippen LogP contribution in [0, 0.1) is 0 Å². The Balaban J connectivity index is 1.48. The predicted octanol–water partition coefficient (Wildman–Crippen LogP) is 3.38. The zero-order chi connectivity index (χ0) is 16.3. The number of allylic oxidation sites excluding steroid dienone is 1. The number of fused-ring (bicyclic) bond motifs is 2. The third kappa shape index (κ3) is 1.85. The fourth-order valence-electron chi connectivity index (χ4n) is 3.37. The fourth-order valence-corrected chi connectivity index (χ4v) is 3.37. The number of anilines is 2. The van der Waals surface area contributed by atoms with Crippen LogP contribution in [0.4, 0.5) is 11.5 Å². The molecule has 3 heterocycles. The first kappa shape index (κ1) is 13.5. The van der Waals surface area contributed by atoms with Gasteiger partial charge in [0.05, 0.1) is 0 Å². The summed E-state index contributed by atoms with van der Waals surface area (Å²) in [5, 5.41) is 0. The second-order valence-corrected chi connectivity index (χ2v) is 6.43. The zero-order valence-electron chi connectivity index (χ0n) is 13.4. The van der Waals surface area contributed by atoms with E-state index in [0.717, 1.165) is 42.3 Å². The van der Waals surface area contributed by atoms with Gasteiger partial charge in [-0.1, -0.05) is 6.07 Å². The Kier molecular flexibility index (Phi) is 2.70. The molecule has 0 atom stereocenters. The maximum atomic E-state index is 12.4. The Morgan fingerprint density at radius 2 is 2.17 bits per heavy atom. The van der Waals surface area contributed by atoms with E-state index in [2.05, 4.69) is 40.7 Å². The number of carbonyl (C=O) groups excluding carboxylic acids is 1. The lowest BCUT2D eigenvalue weighted by atomic mass is 10.0. The van der Waals surface area contributed by atoms with E-state index >= 15 is 0 Å². The van der Waals surface area contributed by atoms with Crippen molar-refractivity contribution in [1.82, 2.24) is 9.88 Å². The Morgan fingerprint density at radius 3 is 2.96 bits per heavy atom. The number of benzene rings is 1. The molecule has 0 radical (unpaired) electrons. The molecule has 3 aliphatic rings. The number of likely N-dealkylation sites (tertiary alicyclic amines) is 1. The SMILES string of the molecule is CC1=C=Cc2ccc(N3COc4cc(C(=O)N5CCC5)[nH]c43)cc21. The molecule has 1 aromatic heterocycles. The first-order valence-corrected chi connectivity index (χ1v) is 8.21. The van der Waals surface area contributed by atoms with Gasteiger partial charge >= 0.3 is 0 Å². The number of rotatable bonds is 2. The van der Waals surface area contributed by atoms with Crippen LogP contribution in [0.3, 0.4) is 0 Å². The van der Waals surface area contributed by atoms with Gasteiger partial charge < -0.3 is 14.6 Å². The Hall–Kier alpha value is -2.91. The van der Waals surface area contributed by atoms with Gasteiger partial charge in [-0.3, -0.25) is 9.69 Å². The molecule has 24 heavy (non-hydrogen) atoms. The van der Waals surface area contributed by atoms with Crippen LogP contribution in [0.15, 0.2) is 30.0 Å². The van der Waals surface area contributed by atoms with E-state index in [0.29, 0.717) is 12.4 Å². The van der Waals surface area contributed by atoms with Crippen LogP contribution in [-0.2, 0) is 0 Å². The van der Waals surface area contributed by atoms with Crippen molar-refractivity contribution in [3.8, 4) is 5.75 Å². The molecule has 1 aromatic carbocycles. The number of nitrogens with one attached hydrogen (secondary N) is 1. The monoisotopic (exact) mass is 319 g/mol. The van der Waals surface area contributed by atoms with Crippen molar-refractivity contribution in [2.75, 3.05) is 24.7 Å². The highest BCUT2D eigenvalue weighted by atomic mass is 16.5. The Morgan fingerprint density at radius 1 is 1.29 bits per heavy atom. The minimum Gasteiger partial charge on any atom is -0.469 e. The summed E-state index contributed by atoms with van der Waals surface area (Å²) in [6.45, 7) is 4.21. The van der Waals surface area contributed by atoms with Gasteiger partial charge in [-0.15, -0.1) is 5.73 Å². The molecule has 0 unspecified atom stereocenters. The molecule has 2 aliphatic heterocycles. The molecule has 1 N–H and O–H groups in total. The van der Waals surface area contributed by atoms with Crippen molar-refractivity contribution < 1.29 is 9.53 Å². The smallest absolute Gasteiger partial charge is 0.270 e. The quantitative estimate of drug-likeness (QED) is 0.863. The van der Waals surface area contributed by atoms with Crippen molar-refractivity contribution in [1.29, 1.82) is 0 Å². The number of carbonyl (C=O) groups is 1. The van der Waals surface area contributed by atoms with E-state index in [1.807, 2.05) is 17.0 Å². The number of amides is 1. The van der Waals surface area contributed by atoms with Crippen LogP contribution in [0.5, 0.6) is 5.75 Å². The summed E-state index contributed by atoms with van der Waals surface area (Å²) in [6, 6.07) is 8.14. The molecule has 120 valence electrons. The summed E-state index contributed by atoms with van der Waals surface area (Å²) in [7, 11) is 0. The summed E-state index contributed by atoms with van der Waals surface area (Å²) in [5.41, 5.74) is 8.44. The molecule has 5 nitrogen and oxygen atoms in total. The van der Waals surface area contributed by atoms with E-state index in [4.69, 9.17) is 4.74 Å². The lowest BCUT2D eigenvalue weighted by Gasteiger charge is -2.30. The van der Waals surface area contributed by atoms with Crippen molar-refractivity contribution in [3.63, 3.8) is 0 Å². The fraction of sp³-hybridized carbons (Fsp3) is 0.263. The zero-order valence-corrected chi connectivity index (χ0v) is 13.4. The van der Waals surface area contributed by atoms with Gasteiger partial charge in [-0.2, -0.15) is 0 Å². The van der Waals surface area contributed by atoms with E-state index in [1.165, 1.54) is 11.1 Å². The van der Waals surface area contributed by atoms with Gasteiger partial charge in [0.1, 0.15) is 5.69 Å². The van der Waals surface area contributed by atoms with Gasteiger partial charge in [0.25, 0.3) is 5.91 Å². The lowest BCUT2D eigenvalue weighted by molar-refractivity contribution is 0.0646. The lowest BCUT2D eigenvalue weighted by Crippen LogP contribution is -2.42. The number of ether oxygens (including phenoxy) is 1. The molecule has 1 saturated heterocycles. The molecular weight excluding hydrogens is 302 g/mol. The van der Waals surface area contributed by atoms with Crippen molar-refractivity contribution in [2.24, 2.45) is 0 Å². The Labute approximate surface area is 139 Å². The van der Waals surface area contributed by atoms with Crippen molar-refractivity contribution >= 4 is 29.1 Å². The third-order valence-corrected chi connectivity index (χ3v) is 4.95. The highest BCUT2D eigenvalue weighted by molar-refractivity contribution is 5.95. The summed E-state index contributed by atoms with van der Waals surface area (Å²) in [6.07, 6.45) is 3.10. The number of hydrogen-bond acceptors (Lipinski definition) is 3. The minimum absolute atomic E-state index is 0.0520. The van der Waals surface area contributed by atoms with E-state index in [-0.39, 0.29) is 5.91 Å². The van der Waals surface area contributed by atoms with Crippen LogP contribution in [0.2, 0.25) is 0 Å². The molecule has 0 bridgehead atoms. The largest absolute Gasteiger partial charge is 0.469 e. The van der Waals surface area contributed by atoms with Crippen molar-refractivity contribution in [3.05, 3.63) is 46.8 Å². The first-order chi connectivity index (χ1) is 11.7. The van der Waals surface area contributed by atoms with Crippen LogP contribution in [0.1, 0.15) is 35.0 Å². The molecule has 0 saturated carbocycles. The van der Waals surface area contributed by atoms with E-state index in [9.17, 15) is 4.79 Å². The minimum atomic E-state index is 0.0520. The first-order valence-electron chi connectivity index (χ1n) is 8.21. The summed E-state index contributed by atoms with van der Waals surface area (Å²) in [5.74, 6) is 1.65.